The Kier molecular flexibility index (Phi) is 2.62. The maximum absolute atomic E-state index is 9.10. The van der Waals surface area contributed by atoms with Crippen LogP contribution in [0.15, 0.2) is 24.3 Å². The van der Waals surface area contributed by atoms with E-state index in [2.05, 4.69) is 20.8 Å². The van der Waals surface area contributed by atoms with Crippen molar-refractivity contribution in [2.24, 2.45) is 11.1 Å². The smallest absolute Gasteiger partial charge is 0.115 e. The summed E-state index contributed by atoms with van der Waals surface area (Å²) in [4.78, 5) is 0. The van der Waals surface area contributed by atoms with Gasteiger partial charge in [-0.25, -0.2) is 0 Å². The standard InChI is InChI=1S/C11H17NO/c1-11(2,3)10(12)8-4-6-9(13)7-5-8/h4-7,10,13H,12H2,1-3H3/t10-/m1/s1. The van der Waals surface area contributed by atoms with Gasteiger partial charge in [-0.2, -0.15) is 0 Å². The molecule has 1 aromatic carbocycles. The normalized spacial score (nSPS) is 14.2. The molecule has 0 amide bonds. The zero-order valence-electron chi connectivity index (χ0n) is 8.41. The van der Waals surface area contributed by atoms with Gasteiger partial charge in [-0.15, -0.1) is 0 Å². The topological polar surface area (TPSA) is 46.2 Å². The predicted octanol–water partition coefficient (Wildman–Crippen LogP) is 2.44. The van der Waals surface area contributed by atoms with Gasteiger partial charge in [-0.3, -0.25) is 0 Å². The molecule has 0 heterocycles. The fourth-order valence-corrected chi connectivity index (χ4v) is 1.18. The predicted molar refractivity (Wildman–Crippen MR) is 54.5 cm³/mol. The summed E-state index contributed by atoms with van der Waals surface area (Å²) in [5.74, 6) is 0.282. The molecule has 0 saturated carbocycles. The third kappa shape index (κ3) is 2.46. The van der Waals surface area contributed by atoms with Gasteiger partial charge in [0.25, 0.3) is 0 Å². The molecule has 0 aliphatic rings. The number of phenolic OH excluding ortho intramolecular Hbond substituents is 1. The van der Waals surface area contributed by atoms with Crippen LogP contribution in [0, 0.1) is 5.41 Å². The van der Waals surface area contributed by atoms with Crippen molar-refractivity contribution in [1.29, 1.82) is 0 Å². The van der Waals surface area contributed by atoms with Gasteiger partial charge in [0, 0.05) is 6.04 Å². The second-order valence-corrected chi connectivity index (χ2v) is 4.44. The molecule has 72 valence electrons. The molecule has 0 unspecified atom stereocenters. The minimum Gasteiger partial charge on any atom is -0.508 e. The quantitative estimate of drug-likeness (QED) is 0.695. The highest BCUT2D eigenvalue weighted by molar-refractivity contribution is 5.28. The van der Waals surface area contributed by atoms with Crippen molar-refractivity contribution in [1.82, 2.24) is 0 Å². The van der Waals surface area contributed by atoms with Crippen LogP contribution in [0.5, 0.6) is 5.75 Å². The van der Waals surface area contributed by atoms with Crippen LogP contribution in [-0.4, -0.2) is 5.11 Å². The molecule has 0 bridgehead atoms. The number of rotatable bonds is 1. The Bertz CT molecular complexity index is 271. The van der Waals surface area contributed by atoms with Crippen LogP contribution >= 0.6 is 0 Å². The Morgan fingerprint density at radius 1 is 1.15 bits per heavy atom. The van der Waals surface area contributed by atoms with Crippen LogP contribution in [0.4, 0.5) is 0 Å². The number of benzene rings is 1. The summed E-state index contributed by atoms with van der Waals surface area (Å²) in [5.41, 5.74) is 7.15. The zero-order valence-corrected chi connectivity index (χ0v) is 8.41. The number of nitrogens with two attached hydrogens (primary N) is 1. The minimum absolute atomic E-state index is 0.00750. The molecule has 0 saturated heterocycles. The lowest BCUT2D eigenvalue weighted by molar-refractivity contribution is 0.326. The van der Waals surface area contributed by atoms with Crippen molar-refractivity contribution in [3.63, 3.8) is 0 Å². The Hall–Kier alpha value is -1.02. The Morgan fingerprint density at radius 3 is 2.00 bits per heavy atom. The molecule has 2 heteroatoms. The lowest BCUT2D eigenvalue weighted by atomic mass is 9.83. The number of hydrogen-bond acceptors (Lipinski definition) is 2. The van der Waals surface area contributed by atoms with E-state index in [0.29, 0.717) is 0 Å². The molecular weight excluding hydrogens is 162 g/mol. The highest BCUT2D eigenvalue weighted by Gasteiger charge is 2.21. The van der Waals surface area contributed by atoms with Crippen LogP contribution in [-0.2, 0) is 0 Å². The van der Waals surface area contributed by atoms with E-state index in [1.807, 2.05) is 12.1 Å². The van der Waals surface area contributed by atoms with Gasteiger partial charge in [0.15, 0.2) is 0 Å². The fourth-order valence-electron chi connectivity index (χ4n) is 1.18. The van der Waals surface area contributed by atoms with Gasteiger partial charge in [0.2, 0.25) is 0 Å². The maximum atomic E-state index is 9.10. The Labute approximate surface area is 79.4 Å². The number of phenols is 1. The van der Waals surface area contributed by atoms with E-state index in [1.165, 1.54) is 0 Å². The molecule has 2 nitrogen and oxygen atoms in total. The van der Waals surface area contributed by atoms with E-state index >= 15 is 0 Å². The van der Waals surface area contributed by atoms with Gasteiger partial charge >= 0.3 is 0 Å². The summed E-state index contributed by atoms with van der Waals surface area (Å²) in [5, 5.41) is 9.10. The first-order valence-electron chi connectivity index (χ1n) is 4.46. The van der Waals surface area contributed by atoms with Gasteiger partial charge < -0.3 is 10.8 Å². The molecule has 0 spiro atoms. The molecule has 1 rings (SSSR count). The summed E-state index contributed by atoms with van der Waals surface area (Å²) >= 11 is 0. The maximum Gasteiger partial charge on any atom is 0.115 e. The van der Waals surface area contributed by atoms with Crippen LogP contribution in [0.2, 0.25) is 0 Å². The molecule has 3 N–H and O–H groups in total. The number of aromatic hydroxyl groups is 1. The zero-order chi connectivity index (χ0) is 10.1. The summed E-state index contributed by atoms with van der Waals surface area (Å²) in [6, 6.07) is 7.08. The second kappa shape index (κ2) is 3.38. The van der Waals surface area contributed by atoms with Gasteiger partial charge in [0.1, 0.15) is 5.75 Å². The lowest BCUT2D eigenvalue weighted by Gasteiger charge is -2.27. The van der Waals surface area contributed by atoms with E-state index in [-0.39, 0.29) is 17.2 Å². The molecule has 0 aliphatic heterocycles. The van der Waals surface area contributed by atoms with Crippen molar-refractivity contribution in [2.75, 3.05) is 0 Å². The monoisotopic (exact) mass is 179 g/mol. The molecule has 0 radical (unpaired) electrons. The minimum atomic E-state index is 0.00750. The molecular formula is C11H17NO. The van der Waals surface area contributed by atoms with E-state index in [1.54, 1.807) is 12.1 Å². The molecule has 13 heavy (non-hydrogen) atoms. The van der Waals surface area contributed by atoms with Crippen molar-refractivity contribution in [2.45, 2.75) is 26.8 Å². The average molecular weight is 179 g/mol. The summed E-state index contributed by atoms with van der Waals surface area (Å²) in [6.07, 6.45) is 0. The first-order chi connectivity index (χ1) is 5.91. The molecule has 0 aliphatic carbocycles. The van der Waals surface area contributed by atoms with Crippen LogP contribution in [0.25, 0.3) is 0 Å². The van der Waals surface area contributed by atoms with Gasteiger partial charge in [-0.1, -0.05) is 32.9 Å². The Morgan fingerprint density at radius 2 is 1.62 bits per heavy atom. The van der Waals surface area contributed by atoms with Crippen molar-refractivity contribution in [3.8, 4) is 5.75 Å². The third-order valence-corrected chi connectivity index (χ3v) is 2.19. The van der Waals surface area contributed by atoms with Gasteiger partial charge in [-0.05, 0) is 23.1 Å². The Balaban J connectivity index is 2.90. The van der Waals surface area contributed by atoms with Crippen molar-refractivity contribution < 1.29 is 5.11 Å². The first kappa shape index (κ1) is 10.1. The van der Waals surface area contributed by atoms with Crippen LogP contribution < -0.4 is 5.73 Å². The average Bonchev–Trinajstić information content (AvgIpc) is 2.03. The molecule has 0 aromatic heterocycles. The fraction of sp³-hybridized carbons (Fsp3) is 0.455. The number of hydrogen-bond donors (Lipinski definition) is 2. The van der Waals surface area contributed by atoms with Crippen LogP contribution in [0.1, 0.15) is 32.4 Å². The van der Waals surface area contributed by atoms with Crippen molar-refractivity contribution in [3.05, 3.63) is 29.8 Å². The lowest BCUT2D eigenvalue weighted by Crippen LogP contribution is -2.26. The molecule has 0 fully saturated rings. The first-order valence-corrected chi connectivity index (χ1v) is 4.46. The largest absolute Gasteiger partial charge is 0.508 e. The van der Waals surface area contributed by atoms with E-state index in [4.69, 9.17) is 10.8 Å². The van der Waals surface area contributed by atoms with E-state index in [0.717, 1.165) is 5.56 Å². The molecule has 1 aromatic rings. The highest BCUT2D eigenvalue weighted by Crippen LogP contribution is 2.30. The summed E-state index contributed by atoms with van der Waals surface area (Å²) < 4.78 is 0. The van der Waals surface area contributed by atoms with Crippen LogP contribution in [0.3, 0.4) is 0 Å². The van der Waals surface area contributed by atoms with Crippen molar-refractivity contribution >= 4 is 0 Å². The third-order valence-electron chi connectivity index (χ3n) is 2.19. The SMILES string of the molecule is CC(C)(C)[C@H](N)c1ccc(O)cc1. The molecule has 1 atom stereocenters. The van der Waals surface area contributed by atoms with E-state index in [9.17, 15) is 0 Å². The second-order valence-electron chi connectivity index (χ2n) is 4.44. The van der Waals surface area contributed by atoms with E-state index < -0.39 is 0 Å². The summed E-state index contributed by atoms with van der Waals surface area (Å²) in [7, 11) is 0. The van der Waals surface area contributed by atoms with Gasteiger partial charge in [0.05, 0.1) is 0 Å². The summed E-state index contributed by atoms with van der Waals surface area (Å²) in [6.45, 7) is 6.31. The highest BCUT2D eigenvalue weighted by atomic mass is 16.3.